The van der Waals surface area contributed by atoms with E-state index in [0.29, 0.717) is 21.2 Å². The Balaban J connectivity index is 1.32. The van der Waals surface area contributed by atoms with Crippen LogP contribution in [0.2, 0.25) is 0 Å². The number of benzene rings is 2. The highest BCUT2D eigenvalue weighted by Gasteiger charge is 2.41. The number of thiocarbonyl (C=S) groups is 2. The summed E-state index contributed by atoms with van der Waals surface area (Å²) in [4.78, 5) is 75.5. The third kappa shape index (κ3) is 7.20. The van der Waals surface area contributed by atoms with Gasteiger partial charge in [0.2, 0.25) is 11.8 Å². The van der Waals surface area contributed by atoms with Crippen molar-refractivity contribution in [2.45, 2.75) is 12.8 Å². The number of carbonyl (C=O) groups excluding carboxylic acids is 4. The van der Waals surface area contributed by atoms with E-state index in [0.717, 1.165) is 23.5 Å². The molecule has 2 heterocycles. The van der Waals surface area contributed by atoms with Crippen LogP contribution in [-0.2, 0) is 9.59 Å². The van der Waals surface area contributed by atoms with Crippen LogP contribution in [0.1, 0.15) is 33.6 Å². The number of nitrogens with one attached hydrogen (secondary N) is 2. The first-order valence-electron chi connectivity index (χ1n) is 12.0. The molecule has 4 N–H and O–H groups in total. The van der Waals surface area contributed by atoms with E-state index in [2.05, 4.69) is 10.6 Å². The molecule has 0 bridgehead atoms. The Bertz CT molecular complexity index is 1440. The lowest BCUT2D eigenvalue weighted by Crippen LogP contribution is -2.32. The van der Waals surface area contributed by atoms with E-state index in [1.54, 1.807) is 0 Å². The molecule has 12 nitrogen and oxygen atoms in total. The van der Waals surface area contributed by atoms with Crippen LogP contribution in [0.25, 0.3) is 0 Å². The summed E-state index contributed by atoms with van der Waals surface area (Å²) in [5.41, 5.74) is 0.944. The molecule has 2 fully saturated rings. The van der Waals surface area contributed by atoms with E-state index in [1.807, 2.05) is 0 Å². The summed E-state index contributed by atoms with van der Waals surface area (Å²) in [6, 6.07) is 11.2. The number of carboxylic acid groups (broad SMARTS) is 2. The molecule has 4 amide bonds. The van der Waals surface area contributed by atoms with Crippen molar-refractivity contribution < 1.29 is 39.0 Å². The Morgan fingerprint density at radius 2 is 0.976 bits per heavy atom. The molecule has 42 heavy (non-hydrogen) atoms. The van der Waals surface area contributed by atoms with E-state index in [4.69, 9.17) is 34.6 Å². The first kappa shape index (κ1) is 30.8. The molecule has 2 aliphatic rings. The number of carbonyl (C=O) groups is 6. The lowest BCUT2D eigenvalue weighted by atomic mass is 10.2. The highest BCUT2D eigenvalue weighted by molar-refractivity contribution is 8.23. The minimum atomic E-state index is -1.09. The second-order valence-corrected chi connectivity index (χ2v) is 11.4. The summed E-state index contributed by atoms with van der Waals surface area (Å²) in [7, 11) is 0. The largest absolute Gasteiger partial charge is 0.478 e. The van der Waals surface area contributed by atoms with Crippen LogP contribution in [-0.4, -0.2) is 77.3 Å². The van der Waals surface area contributed by atoms with Crippen molar-refractivity contribution >= 4 is 104 Å². The Hall–Kier alpha value is -4.12. The van der Waals surface area contributed by atoms with Crippen molar-refractivity contribution in [1.29, 1.82) is 0 Å². The van der Waals surface area contributed by atoms with Crippen LogP contribution in [0.3, 0.4) is 0 Å². The molecule has 16 heteroatoms. The quantitative estimate of drug-likeness (QED) is 0.209. The molecule has 4 rings (SSSR count). The van der Waals surface area contributed by atoms with Crippen LogP contribution in [0.15, 0.2) is 58.3 Å². The molecule has 0 radical (unpaired) electrons. The van der Waals surface area contributed by atoms with Crippen LogP contribution in [0.5, 0.6) is 0 Å². The van der Waals surface area contributed by atoms with Gasteiger partial charge in [-0.1, -0.05) is 24.4 Å². The second kappa shape index (κ2) is 13.2. The van der Waals surface area contributed by atoms with Gasteiger partial charge >= 0.3 is 11.9 Å². The fraction of sp³-hybridized carbons (Fsp3) is 0.154. The summed E-state index contributed by atoms with van der Waals surface area (Å²) < 4.78 is 0. The van der Waals surface area contributed by atoms with Crippen LogP contribution >= 0.6 is 48.0 Å². The molecule has 216 valence electrons. The highest BCUT2D eigenvalue weighted by atomic mass is 32.2. The highest BCUT2D eigenvalue weighted by Crippen LogP contribution is 2.43. The van der Waals surface area contributed by atoms with Gasteiger partial charge in [0.05, 0.1) is 20.9 Å². The minimum Gasteiger partial charge on any atom is -0.478 e. The molecule has 2 saturated heterocycles. The van der Waals surface area contributed by atoms with Crippen molar-refractivity contribution in [2.75, 3.05) is 23.7 Å². The van der Waals surface area contributed by atoms with Gasteiger partial charge in [0, 0.05) is 37.3 Å². The Morgan fingerprint density at radius 1 is 0.643 bits per heavy atom. The van der Waals surface area contributed by atoms with Gasteiger partial charge in [0.15, 0.2) is 0 Å². The molecule has 0 aliphatic carbocycles. The standard InChI is InChI=1S/C26H20N4O8S4/c31-17(27-15-5-1-13(2-6-15)23(33)34)9-11-29-21(39)19(41-25(29)37)20-22(40)30(26(38)42-20)12-10-18(32)28-16-7-3-14(4-8-16)24(35)36/h1-8H,9-12H2,(H,27,31)(H,28,32)(H,33,34)(H,35,36). The molecule has 0 aromatic heterocycles. The zero-order valence-corrected chi connectivity index (χ0v) is 24.6. The maximum atomic E-state index is 12.7. The predicted octanol–water partition coefficient (Wildman–Crippen LogP) is 4.64. The summed E-state index contributed by atoms with van der Waals surface area (Å²) >= 11 is 12.5. The van der Waals surface area contributed by atoms with Crippen molar-refractivity contribution in [3.63, 3.8) is 0 Å². The summed E-state index contributed by atoms with van der Waals surface area (Å²) in [6.45, 7) is -0.0492. The zero-order chi connectivity index (χ0) is 30.6. The number of hydrogen-bond donors (Lipinski definition) is 4. The van der Waals surface area contributed by atoms with Crippen LogP contribution < -0.4 is 10.6 Å². The summed E-state index contributed by atoms with van der Waals surface area (Å²) in [5, 5.41) is 22.3. The average molecular weight is 645 g/mol. The monoisotopic (exact) mass is 644 g/mol. The van der Waals surface area contributed by atoms with E-state index >= 15 is 0 Å². The molecular formula is C26H20N4O8S4. The maximum absolute atomic E-state index is 12.7. The number of anilines is 2. The van der Waals surface area contributed by atoms with Crippen molar-refractivity contribution in [1.82, 2.24) is 9.80 Å². The Morgan fingerprint density at radius 3 is 1.29 bits per heavy atom. The van der Waals surface area contributed by atoms with Gasteiger partial charge in [-0.05, 0) is 72.1 Å². The van der Waals surface area contributed by atoms with Crippen molar-refractivity contribution in [2.24, 2.45) is 0 Å². The summed E-state index contributed by atoms with van der Waals surface area (Å²) in [6.07, 6.45) is -0.181. The molecule has 2 aromatic carbocycles. The maximum Gasteiger partial charge on any atom is 0.335 e. The Kier molecular flexibility index (Phi) is 9.72. The number of thioether (sulfide) groups is 2. The fourth-order valence-electron chi connectivity index (χ4n) is 3.72. The van der Waals surface area contributed by atoms with Gasteiger partial charge in [0.1, 0.15) is 9.98 Å². The summed E-state index contributed by atoms with van der Waals surface area (Å²) in [5.74, 6) is -3.01. The fourth-order valence-corrected chi connectivity index (χ4v) is 6.73. The number of nitrogens with zero attached hydrogens (tertiary/aromatic N) is 2. The zero-order valence-electron chi connectivity index (χ0n) is 21.3. The molecule has 0 unspecified atom stereocenters. The number of amides is 4. The first-order chi connectivity index (χ1) is 19.9. The van der Waals surface area contributed by atoms with Crippen LogP contribution in [0.4, 0.5) is 21.0 Å². The lowest BCUT2D eigenvalue weighted by Gasteiger charge is -2.16. The van der Waals surface area contributed by atoms with Crippen molar-refractivity contribution in [3.8, 4) is 0 Å². The smallest absolute Gasteiger partial charge is 0.335 e. The normalized spacial score (nSPS) is 16.7. The number of aromatic carboxylic acids is 2. The van der Waals surface area contributed by atoms with E-state index < -0.39 is 34.2 Å². The number of hydrogen-bond acceptors (Lipinski definition) is 10. The molecule has 0 spiro atoms. The first-order valence-corrected chi connectivity index (χ1v) is 14.5. The second-order valence-electron chi connectivity index (χ2n) is 8.67. The number of carboxylic acids is 2. The molecular weight excluding hydrogens is 625 g/mol. The number of rotatable bonds is 10. The van der Waals surface area contributed by atoms with Crippen molar-refractivity contribution in [3.05, 3.63) is 69.5 Å². The minimum absolute atomic E-state index is 0.0246. The van der Waals surface area contributed by atoms with Gasteiger partial charge in [-0.3, -0.25) is 29.0 Å². The molecule has 2 aliphatic heterocycles. The van der Waals surface area contributed by atoms with Gasteiger partial charge in [-0.15, -0.1) is 0 Å². The van der Waals surface area contributed by atoms with E-state index in [1.165, 1.54) is 58.3 Å². The van der Waals surface area contributed by atoms with Gasteiger partial charge < -0.3 is 20.8 Å². The van der Waals surface area contributed by atoms with Gasteiger partial charge in [-0.2, -0.15) is 0 Å². The topological polar surface area (TPSA) is 173 Å². The SMILES string of the molecule is O=C(CCN1C(=O)SC(=C2SC(=O)N(CCC(=O)Nc3ccc(C(=O)O)cc3)C2=S)C1=S)Nc1ccc(C(=O)O)cc1. The molecule has 0 saturated carbocycles. The van der Waals surface area contributed by atoms with Crippen LogP contribution in [0, 0.1) is 0 Å². The van der Waals surface area contributed by atoms with Gasteiger partial charge in [-0.25, -0.2) is 9.59 Å². The lowest BCUT2D eigenvalue weighted by molar-refractivity contribution is -0.117. The van der Waals surface area contributed by atoms with E-state index in [9.17, 15) is 28.8 Å². The molecule has 2 aromatic rings. The Labute approximate surface area is 257 Å². The van der Waals surface area contributed by atoms with Gasteiger partial charge in [0.25, 0.3) is 10.5 Å². The molecule has 0 atom stereocenters. The third-order valence-electron chi connectivity index (χ3n) is 5.86. The average Bonchev–Trinajstić information content (AvgIpc) is 3.39. The third-order valence-corrected chi connectivity index (χ3v) is 9.09. The predicted molar refractivity (Wildman–Crippen MR) is 165 cm³/mol. The van der Waals surface area contributed by atoms with E-state index in [-0.39, 0.29) is 47.0 Å².